The van der Waals surface area contributed by atoms with Gasteiger partial charge in [0.2, 0.25) is 0 Å². The van der Waals surface area contributed by atoms with Gasteiger partial charge in [-0.2, -0.15) is 0 Å². The van der Waals surface area contributed by atoms with Crippen molar-refractivity contribution in [3.63, 3.8) is 0 Å². The molecule has 0 aliphatic carbocycles. The van der Waals surface area contributed by atoms with E-state index >= 15 is 0 Å². The van der Waals surface area contributed by atoms with Gasteiger partial charge in [-0.3, -0.25) is 9.89 Å². The van der Waals surface area contributed by atoms with Crippen molar-refractivity contribution in [2.75, 3.05) is 40.4 Å². The Labute approximate surface area is 177 Å². The Bertz CT molecular complexity index is 787. The number of hydrogen-bond acceptors (Lipinski definition) is 6. The SMILES string of the molecule is CCNC(=NCC(O)c1ccco1)NC1CCN(Cc2cc(OC)cc(OC)c2)C1. The third kappa shape index (κ3) is 6.14. The molecule has 30 heavy (non-hydrogen) atoms. The summed E-state index contributed by atoms with van der Waals surface area (Å²) < 4.78 is 16.0. The minimum absolute atomic E-state index is 0.239. The van der Waals surface area contributed by atoms with Crippen LogP contribution in [0.15, 0.2) is 46.0 Å². The minimum atomic E-state index is -0.751. The largest absolute Gasteiger partial charge is 0.497 e. The Hall–Kier alpha value is -2.71. The monoisotopic (exact) mass is 416 g/mol. The zero-order valence-electron chi connectivity index (χ0n) is 17.9. The molecule has 0 bridgehead atoms. The van der Waals surface area contributed by atoms with Crippen molar-refractivity contribution in [2.24, 2.45) is 4.99 Å². The Morgan fingerprint density at radius 1 is 1.30 bits per heavy atom. The summed E-state index contributed by atoms with van der Waals surface area (Å²) in [7, 11) is 3.33. The van der Waals surface area contributed by atoms with Crippen LogP contribution in [0.25, 0.3) is 0 Å². The summed E-state index contributed by atoms with van der Waals surface area (Å²) in [5, 5.41) is 16.9. The topological polar surface area (TPSA) is 91.5 Å². The van der Waals surface area contributed by atoms with E-state index in [0.29, 0.717) is 11.7 Å². The zero-order chi connectivity index (χ0) is 21.3. The number of aliphatic hydroxyl groups is 1. The van der Waals surface area contributed by atoms with Gasteiger partial charge in [-0.1, -0.05) is 0 Å². The molecule has 0 amide bonds. The molecule has 164 valence electrons. The van der Waals surface area contributed by atoms with E-state index in [1.54, 1.807) is 32.6 Å². The number of nitrogens with zero attached hydrogens (tertiary/aromatic N) is 2. The number of likely N-dealkylation sites (tertiary alicyclic amines) is 1. The van der Waals surface area contributed by atoms with Gasteiger partial charge in [-0.05, 0) is 43.2 Å². The molecule has 1 aliphatic rings. The van der Waals surface area contributed by atoms with Crippen LogP contribution in [0, 0.1) is 0 Å². The van der Waals surface area contributed by atoms with Gasteiger partial charge in [-0.25, -0.2) is 0 Å². The quantitative estimate of drug-likeness (QED) is 0.426. The third-order valence-electron chi connectivity index (χ3n) is 5.07. The summed E-state index contributed by atoms with van der Waals surface area (Å²) in [6.07, 6.45) is 1.82. The zero-order valence-corrected chi connectivity index (χ0v) is 17.9. The van der Waals surface area contributed by atoms with Crippen LogP contribution >= 0.6 is 0 Å². The van der Waals surface area contributed by atoms with E-state index in [-0.39, 0.29) is 12.6 Å². The number of methoxy groups -OCH3 is 2. The van der Waals surface area contributed by atoms with E-state index in [0.717, 1.165) is 49.7 Å². The van der Waals surface area contributed by atoms with E-state index in [9.17, 15) is 5.11 Å². The molecule has 2 aromatic rings. The molecule has 8 nitrogen and oxygen atoms in total. The fourth-order valence-electron chi connectivity index (χ4n) is 3.57. The lowest BCUT2D eigenvalue weighted by Gasteiger charge is -2.19. The van der Waals surface area contributed by atoms with Crippen LogP contribution in [0.4, 0.5) is 0 Å². The van der Waals surface area contributed by atoms with E-state index < -0.39 is 6.10 Å². The predicted octanol–water partition coefficient (Wildman–Crippen LogP) is 2.16. The molecule has 2 atom stereocenters. The lowest BCUT2D eigenvalue weighted by atomic mass is 10.2. The van der Waals surface area contributed by atoms with Gasteiger partial charge in [0, 0.05) is 38.3 Å². The van der Waals surface area contributed by atoms with Gasteiger partial charge in [0.05, 0.1) is 27.0 Å². The number of rotatable bonds is 9. The standard InChI is InChI=1S/C22H32N4O4/c1-4-23-22(24-13-20(27)21-6-5-9-30-21)25-17-7-8-26(15-17)14-16-10-18(28-2)12-19(11-16)29-3/h5-6,9-12,17,20,27H,4,7-8,13-15H2,1-3H3,(H2,23,24,25). The van der Waals surface area contributed by atoms with Gasteiger partial charge in [-0.15, -0.1) is 0 Å². The second kappa shape index (κ2) is 10.9. The van der Waals surface area contributed by atoms with Crippen LogP contribution in [0.2, 0.25) is 0 Å². The molecular formula is C22H32N4O4. The average molecular weight is 417 g/mol. The molecular weight excluding hydrogens is 384 g/mol. The molecule has 1 saturated heterocycles. The maximum absolute atomic E-state index is 10.2. The molecule has 2 heterocycles. The van der Waals surface area contributed by atoms with Crippen LogP contribution < -0.4 is 20.1 Å². The minimum Gasteiger partial charge on any atom is -0.497 e. The van der Waals surface area contributed by atoms with Crippen molar-refractivity contribution in [3.8, 4) is 11.5 Å². The van der Waals surface area contributed by atoms with Gasteiger partial charge >= 0.3 is 0 Å². The van der Waals surface area contributed by atoms with Crippen LogP contribution in [0.3, 0.4) is 0 Å². The number of nitrogens with one attached hydrogen (secondary N) is 2. The maximum Gasteiger partial charge on any atom is 0.191 e. The molecule has 3 rings (SSSR count). The van der Waals surface area contributed by atoms with Crippen molar-refractivity contribution < 1.29 is 19.0 Å². The first-order valence-electron chi connectivity index (χ1n) is 10.3. The fourth-order valence-corrected chi connectivity index (χ4v) is 3.57. The van der Waals surface area contributed by atoms with Crippen molar-refractivity contribution in [3.05, 3.63) is 47.9 Å². The number of aliphatic hydroxyl groups excluding tert-OH is 1. The highest BCUT2D eigenvalue weighted by Gasteiger charge is 2.23. The van der Waals surface area contributed by atoms with Gasteiger partial charge in [0.15, 0.2) is 5.96 Å². The lowest BCUT2D eigenvalue weighted by Crippen LogP contribution is -2.44. The van der Waals surface area contributed by atoms with Gasteiger partial charge in [0.25, 0.3) is 0 Å². The molecule has 3 N–H and O–H groups in total. The molecule has 1 aromatic heterocycles. The summed E-state index contributed by atoms with van der Waals surface area (Å²) in [5.74, 6) is 2.83. The number of aliphatic imine (C=N–C) groups is 1. The Morgan fingerprint density at radius 3 is 2.70 bits per heavy atom. The number of ether oxygens (including phenoxy) is 2. The first kappa shape index (κ1) is 22.0. The Kier molecular flexibility index (Phi) is 7.98. The second-order valence-corrected chi connectivity index (χ2v) is 7.34. The summed E-state index contributed by atoms with van der Waals surface area (Å²) in [5.41, 5.74) is 1.16. The van der Waals surface area contributed by atoms with Crippen molar-refractivity contribution in [1.82, 2.24) is 15.5 Å². The highest BCUT2D eigenvalue weighted by molar-refractivity contribution is 5.80. The second-order valence-electron chi connectivity index (χ2n) is 7.34. The summed E-state index contributed by atoms with van der Waals surface area (Å²) >= 11 is 0. The molecule has 1 aliphatic heterocycles. The number of furan rings is 1. The number of benzene rings is 1. The molecule has 2 unspecified atom stereocenters. The molecule has 1 fully saturated rings. The smallest absolute Gasteiger partial charge is 0.191 e. The summed E-state index contributed by atoms with van der Waals surface area (Å²) in [6.45, 7) is 5.75. The highest BCUT2D eigenvalue weighted by atomic mass is 16.5. The van der Waals surface area contributed by atoms with Crippen LogP contribution in [-0.2, 0) is 6.54 Å². The first-order chi connectivity index (χ1) is 14.6. The highest BCUT2D eigenvalue weighted by Crippen LogP contribution is 2.24. The molecule has 8 heteroatoms. The summed E-state index contributed by atoms with van der Waals surface area (Å²) in [4.78, 5) is 6.92. The average Bonchev–Trinajstić information content (AvgIpc) is 3.44. The molecule has 0 radical (unpaired) electrons. The van der Waals surface area contributed by atoms with Gasteiger partial charge < -0.3 is 29.6 Å². The van der Waals surface area contributed by atoms with Crippen molar-refractivity contribution in [2.45, 2.75) is 32.0 Å². The Morgan fingerprint density at radius 2 is 2.07 bits per heavy atom. The van der Waals surface area contributed by atoms with Crippen molar-refractivity contribution in [1.29, 1.82) is 0 Å². The van der Waals surface area contributed by atoms with Crippen molar-refractivity contribution >= 4 is 5.96 Å². The fraction of sp³-hybridized carbons (Fsp3) is 0.500. The normalized spacial score (nSPS) is 18.3. The lowest BCUT2D eigenvalue weighted by molar-refractivity contribution is 0.158. The van der Waals surface area contributed by atoms with Gasteiger partial charge in [0.1, 0.15) is 23.4 Å². The molecule has 1 aromatic carbocycles. The molecule has 0 saturated carbocycles. The Balaban J connectivity index is 1.55. The van der Waals surface area contributed by atoms with E-state index in [1.165, 1.54) is 0 Å². The van der Waals surface area contributed by atoms with Crippen LogP contribution in [-0.4, -0.2) is 62.4 Å². The third-order valence-corrected chi connectivity index (χ3v) is 5.07. The van der Waals surface area contributed by atoms with Crippen LogP contribution in [0.5, 0.6) is 11.5 Å². The van der Waals surface area contributed by atoms with E-state index in [4.69, 9.17) is 13.9 Å². The molecule has 0 spiro atoms. The van der Waals surface area contributed by atoms with E-state index in [1.807, 2.05) is 25.1 Å². The maximum atomic E-state index is 10.2. The van der Waals surface area contributed by atoms with E-state index in [2.05, 4.69) is 20.5 Å². The predicted molar refractivity (Wildman–Crippen MR) is 116 cm³/mol. The van der Waals surface area contributed by atoms with Crippen LogP contribution in [0.1, 0.15) is 30.8 Å². The first-order valence-corrected chi connectivity index (χ1v) is 10.3. The number of hydrogen-bond donors (Lipinski definition) is 3. The number of guanidine groups is 1. The summed E-state index contributed by atoms with van der Waals surface area (Å²) in [6, 6.07) is 9.78.